The minimum absolute atomic E-state index is 0.0242. The van der Waals surface area contributed by atoms with E-state index in [4.69, 9.17) is 15.3 Å². The van der Waals surface area contributed by atoms with Gasteiger partial charge >= 0.3 is 0 Å². The van der Waals surface area contributed by atoms with E-state index in [2.05, 4.69) is 15.6 Å². The fraction of sp³-hybridized carbons (Fsp3) is 0.351. The number of hydrogen-bond donors (Lipinski definition) is 4. The van der Waals surface area contributed by atoms with Gasteiger partial charge in [-0.25, -0.2) is 13.4 Å². The molecule has 1 saturated carbocycles. The topological polar surface area (TPSA) is 190 Å². The second kappa shape index (κ2) is 17.4. The van der Waals surface area contributed by atoms with Crippen LogP contribution in [0.1, 0.15) is 54.6 Å². The fourth-order valence-corrected chi connectivity index (χ4v) is 7.25. The number of nitrogens with zero attached hydrogens (tertiary/aromatic N) is 2. The van der Waals surface area contributed by atoms with Crippen molar-refractivity contribution in [1.29, 1.82) is 0 Å². The van der Waals surface area contributed by atoms with Gasteiger partial charge in [-0.3, -0.25) is 19.2 Å². The van der Waals surface area contributed by atoms with Crippen LogP contribution in [0.2, 0.25) is 0 Å². The number of aromatic nitrogens is 1. The van der Waals surface area contributed by atoms with Crippen LogP contribution in [0.3, 0.4) is 0 Å². The van der Waals surface area contributed by atoms with Gasteiger partial charge in [0.25, 0.3) is 15.9 Å². The van der Waals surface area contributed by atoms with Crippen LogP contribution in [0.25, 0.3) is 10.9 Å². The van der Waals surface area contributed by atoms with E-state index in [0.717, 1.165) is 34.7 Å². The zero-order chi connectivity index (χ0) is 36.4. The number of fused-ring (bicyclic) bond motifs is 1. The molecule has 3 aromatic carbocycles. The predicted molar refractivity (Wildman–Crippen MR) is 190 cm³/mol. The molecule has 0 spiro atoms. The average Bonchev–Trinajstić information content (AvgIpc) is 3.14. The molecule has 3 atom stereocenters. The molecule has 5 N–H and O–H groups in total. The highest BCUT2D eigenvalue weighted by Crippen LogP contribution is 2.26. The maximum atomic E-state index is 14.0. The Balaban J connectivity index is 1.40. The Kier molecular flexibility index (Phi) is 12.7. The molecule has 0 radical (unpaired) electrons. The van der Waals surface area contributed by atoms with Crippen molar-refractivity contribution < 1.29 is 37.5 Å². The number of para-hydroxylation sites is 1. The highest BCUT2D eigenvalue weighted by Gasteiger charge is 2.35. The van der Waals surface area contributed by atoms with Crippen molar-refractivity contribution in [2.24, 2.45) is 5.73 Å². The van der Waals surface area contributed by atoms with Gasteiger partial charge in [-0.05, 0) is 61.2 Å². The van der Waals surface area contributed by atoms with Crippen LogP contribution in [0.5, 0.6) is 5.75 Å². The molecule has 14 heteroatoms. The van der Waals surface area contributed by atoms with Crippen molar-refractivity contribution in [3.8, 4) is 5.75 Å². The minimum Gasteiger partial charge on any atom is -0.497 e. The van der Waals surface area contributed by atoms with Crippen LogP contribution >= 0.6 is 0 Å². The lowest BCUT2D eigenvalue weighted by Gasteiger charge is -2.33. The number of nitrogens with one attached hydrogen (secondary N) is 2. The van der Waals surface area contributed by atoms with Crippen molar-refractivity contribution in [1.82, 2.24) is 20.1 Å². The van der Waals surface area contributed by atoms with Gasteiger partial charge in [-0.15, -0.1) is 0 Å². The van der Waals surface area contributed by atoms with Crippen LogP contribution < -0.4 is 21.1 Å². The third-order valence-corrected chi connectivity index (χ3v) is 10.4. The SMILES string of the molecule is COc1ccc(S(=O)(=O)N(CC(O)C(Cc2ccccc2)NC(=O)C(CC(N)=O)NC(=O)c2ccc3ccccc3n2)OC2CCCCC2)cc1. The monoisotopic (exact) mass is 717 g/mol. The molecule has 1 aliphatic rings. The summed E-state index contributed by atoms with van der Waals surface area (Å²) in [7, 11) is -2.82. The number of aliphatic hydroxyl groups is 1. The number of benzene rings is 3. The highest BCUT2D eigenvalue weighted by atomic mass is 32.2. The first-order chi connectivity index (χ1) is 24.5. The number of rotatable bonds is 16. The Hall–Kier alpha value is -4.89. The van der Waals surface area contributed by atoms with E-state index in [-0.39, 0.29) is 23.1 Å². The van der Waals surface area contributed by atoms with E-state index >= 15 is 0 Å². The second-order valence-electron chi connectivity index (χ2n) is 12.5. The number of pyridine rings is 1. The number of ether oxygens (including phenoxy) is 1. The molecule has 1 aromatic heterocycles. The summed E-state index contributed by atoms with van der Waals surface area (Å²) in [6.07, 6.45) is 1.71. The largest absolute Gasteiger partial charge is 0.497 e. The van der Waals surface area contributed by atoms with Crippen molar-refractivity contribution in [3.63, 3.8) is 0 Å². The summed E-state index contributed by atoms with van der Waals surface area (Å²) in [5, 5.41) is 17.8. The lowest BCUT2D eigenvalue weighted by molar-refractivity contribution is -0.157. The van der Waals surface area contributed by atoms with Crippen LogP contribution in [-0.2, 0) is 30.9 Å². The lowest BCUT2D eigenvalue weighted by Crippen LogP contribution is -2.56. The molecule has 1 heterocycles. The van der Waals surface area contributed by atoms with E-state index in [9.17, 15) is 27.9 Å². The molecule has 4 aromatic rings. The molecule has 270 valence electrons. The summed E-state index contributed by atoms with van der Waals surface area (Å²) in [6, 6.07) is 22.7. The molecule has 3 amide bonds. The second-order valence-corrected chi connectivity index (χ2v) is 14.3. The number of hydrogen-bond acceptors (Lipinski definition) is 9. The average molecular weight is 718 g/mol. The van der Waals surface area contributed by atoms with Gasteiger partial charge in [0.2, 0.25) is 11.8 Å². The van der Waals surface area contributed by atoms with Gasteiger partial charge in [-0.1, -0.05) is 78.3 Å². The quantitative estimate of drug-likeness (QED) is 0.126. The van der Waals surface area contributed by atoms with E-state index in [0.29, 0.717) is 24.1 Å². The molecule has 5 rings (SSSR count). The summed E-state index contributed by atoms with van der Waals surface area (Å²) < 4.78 is 33.9. The fourth-order valence-electron chi connectivity index (χ4n) is 5.95. The summed E-state index contributed by atoms with van der Waals surface area (Å²) in [5.74, 6) is -1.89. The molecule has 51 heavy (non-hydrogen) atoms. The van der Waals surface area contributed by atoms with Gasteiger partial charge in [0, 0.05) is 5.39 Å². The van der Waals surface area contributed by atoms with Gasteiger partial charge in [-0.2, -0.15) is 0 Å². The summed E-state index contributed by atoms with van der Waals surface area (Å²) in [6.45, 7) is -0.531. The van der Waals surface area contributed by atoms with Crippen molar-refractivity contribution in [2.75, 3.05) is 13.7 Å². The zero-order valence-electron chi connectivity index (χ0n) is 28.3. The van der Waals surface area contributed by atoms with E-state index in [1.54, 1.807) is 42.5 Å². The van der Waals surface area contributed by atoms with Gasteiger partial charge < -0.3 is 26.2 Å². The summed E-state index contributed by atoms with van der Waals surface area (Å²) in [5.41, 5.74) is 6.80. The van der Waals surface area contributed by atoms with E-state index in [1.807, 2.05) is 18.2 Å². The van der Waals surface area contributed by atoms with Crippen molar-refractivity contribution >= 4 is 38.6 Å². The normalized spacial score (nSPS) is 15.5. The number of methoxy groups -OCH3 is 1. The molecule has 0 aliphatic heterocycles. The molecule has 1 fully saturated rings. The molecule has 0 bridgehead atoms. The third kappa shape index (κ3) is 10.1. The number of amides is 3. The number of primary amides is 1. The Bertz CT molecular complexity index is 1900. The Morgan fingerprint density at radius 3 is 2.29 bits per heavy atom. The maximum absolute atomic E-state index is 14.0. The number of nitrogens with two attached hydrogens (primary N) is 1. The van der Waals surface area contributed by atoms with Gasteiger partial charge in [0.1, 0.15) is 17.5 Å². The molecule has 1 aliphatic carbocycles. The molecular formula is C37H43N5O8S. The summed E-state index contributed by atoms with van der Waals surface area (Å²) in [4.78, 5) is 49.5. The molecule has 13 nitrogen and oxygen atoms in total. The Morgan fingerprint density at radius 2 is 1.61 bits per heavy atom. The van der Waals surface area contributed by atoms with Gasteiger partial charge in [0.15, 0.2) is 0 Å². The standard InChI is InChI=1S/C37H43N5O8S/c1-49-27-17-19-29(20-18-27)51(47,48)42(50-28-13-6-3-7-14-28)24-34(43)32(22-25-10-4-2-5-11-25)40-37(46)33(23-35(38)44)41-36(45)31-21-16-26-12-8-9-15-30(26)39-31/h2,4-5,8-12,15-21,28,32-34,43H,3,6-7,13-14,22-24H2,1H3,(H2,38,44)(H,40,46)(H,41,45). The molecule has 0 saturated heterocycles. The smallest absolute Gasteiger partial charge is 0.270 e. The van der Waals surface area contributed by atoms with Crippen LogP contribution in [0.4, 0.5) is 0 Å². The highest BCUT2D eigenvalue weighted by molar-refractivity contribution is 7.89. The molecule has 3 unspecified atom stereocenters. The lowest BCUT2D eigenvalue weighted by atomic mass is 9.98. The number of sulfonamides is 1. The minimum atomic E-state index is -4.29. The van der Waals surface area contributed by atoms with Crippen LogP contribution in [-0.4, -0.2) is 78.6 Å². The first-order valence-electron chi connectivity index (χ1n) is 16.8. The Labute approximate surface area is 297 Å². The number of hydroxylamine groups is 1. The van der Waals surface area contributed by atoms with Crippen LogP contribution in [0.15, 0.2) is 95.9 Å². The van der Waals surface area contributed by atoms with Crippen LogP contribution in [0, 0.1) is 0 Å². The first kappa shape index (κ1) is 37.4. The first-order valence-corrected chi connectivity index (χ1v) is 18.3. The number of carbonyl (C=O) groups excluding carboxylic acids is 3. The predicted octanol–water partition coefficient (Wildman–Crippen LogP) is 3.26. The summed E-state index contributed by atoms with van der Waals surface area (Å²) >= 11 is 0. The third-order valence-electron chi connectivity index (χ3n) is 8.73. The number of carbonyl (C=O) groups is 3. The van der Waals surface area contributed by atoms with E-state index in [1.165, 1.54) is 37.4 Å². The van der Waals surface area contributed by atoms with Crippen molar-refractivity contribution in [2.45, 2.75) is 74.1 Å². The van der Waals surface area contributed by atoms with Crippen molar-refractivity contribution in [3.05, 3.63) is 102 Å². The zero-order valence-corrected chi connectivity index (χ0v) is 29.1. The maximum Gasteiger partial charge on any atom is 0.270 e. The molecular weight excluding hydrogens is 675 g/mol. The van der Waals surface area contributed by atoms with Gasteiger partial charge in [0.05, 0.1) is 48.7 Å². The number of aliphatic hydroxyl groups excluding tert-OH is 1. The Morgan fingerprint density at radius 1 is 0.922 bits per heavy atom. The van der Waals surface area contributed by atoms with E-state index < -0.39 is 58.9 Å².